The number of nitrogens with one attached hydrogen (secondary N) is 1. The van der Waals surface area contributed by atoms with E-state index in [1.165, 1.54) is 11.1 Å². The Morgan fingerprint density at radius 3 is 2.31 bits per heavy atom. The summed E-state index contributed by atoms with van der Waals surface area (Å²) in [6.07, 6.45) is 2.96. The van der Waals surface area contributed by atoms with Crippen molar-refractivity contribution in [3.63, 3.8) is 0 Å². The normalized spacial score (nSPS) is 11.7. The molecule has 0 aliphatic carbocycles. The van der Waals surface area contributed by atoms with Crippen LogP contribution in [0.25, 0.3) is 0 Å². The van der Waals surface area contributed by atoms with E-state index in [1.807, 2.05) is 36.4 Å². The van der Waals surface area contributed by atoms with Crippen LogP contribution in [0.4, 0.5) is 0 Å². The zero-order valence-corrected chi connectivity index (χ0v) is 15.1. The number of amides is 1. The predicted molar refractivity (Wildman–Crippen MR) is 105 cm³/mol. The Morgan fingerprint density at radius 1 is 0.923 bits per heavy atom. The molecule has 132 valence electrons. The molecule has 1 atom stereocenters. The monoisotopic (exact) mass is 344 g/mol. The van der Waals surface area contributed by atoms with Crippen LogP contribution < -0.4 is 5.32 Å². The fourth-order valence-corrected chi connectivity index (χ4v) is 3.05. The highest BCUT2D eigenvalue weighted by molar-refractivity contribution is 5.77. The summed E-state index contributed by atoms with van der Waals surface area (Å²) in [6, 6.07) is 24.5. The van der Waals surface area contributed by atoms with Crippen LogP contribution in [0, 0.1) is 6.92 Å². The Kier molecular flexibility index (Phi) is 6.15. The quantitative estimate of drug-likeness (QED) is 0.695. The van der Waals surface area contributed by atoms with Crippen LogP contribution in [0.3, 0.4) is 0 Å². The third-order valence-corrected chi connectivity index (χ3v) is 4.50. The molecule has 0 spiro atoms. The molecule has 3 nitrogen and oxygen atoms in total. The van der Waals surface area contributed by atoms with Gasteiger partial charge in [-0.3, -0.25) is 9.78 Å². The largest absolute Gasteiger partial charge is 0.356 e. The number of carbonyl (C=O) groups is 1. The number of aromatic nitrogens is 1. The molecule has 0 aliphatic rings. The second-order valence-corrected chi connectivity index (χ2v) is 6.50. The molecule has 0 fully saturated rings. The van der Waals surface area contributed by atoms with Crippen LogP contribution in [0.15, 0.2) is 79.0 Å². The fraction of sp³-hybridized carbons (Fsp3) is 0.217. The summed E-state index contributed by atoms with van der Waals surface area (Å²) in [7, 11) is 0. The molecular formula is C23H24N2O. The van der Waals surface area contributed by atoms with Crippen LogP contribution in [0.1, 0.15) is 34.7 Å². The number of pyridine rings is 1. The third-order valence-electron chi connectivity index (χ3n) is 4.50. The molecule has 1 N–H and O–H groups in total. The molecule has 0 saturated heterocycles. The first-order chi connectivity index (χ1) is 12.7. The van der Waals surface area contributed by atoms with E-state index in [0.29, 0.717) is 13.0 Å². The molecule has 3 aromatic rings. The lowest BCUT2D eigenvalue weighted by Gasteiger charge is -2.18. The second kappa shape index (κ2) is 8.95. The Morgan fingerprint density at radius 2 is 1.62 bits per heavy atom. The summed E-state index contributed by atoms with van der Waals surface area (Å²) in [5.74, 6) is 0.127. The smallest absolute Gasteiger partial charge is 0.220 e. The Hall–Kier alpha value is -2.94. The summed E-state index contributed by atoms with van der Waals surface area (Å²) in [6.45, 7) is 2.68. The van der Waals surface area contributed by atoms with Gasteiger partial charge in [0.25, 0.3) is 0 Å². The number of nitrogens with zero attached hydrogens (tertiary/aromatic N) is 1. The number of aryl methyl sites for hydroxylation is 1. The lowest BCUT2D eigenvalue weighted by molar-refractivity contribution is -0.121. The first kappa shape index (κ1) is 17.9. The Labute approximate surface area is 155 Å². The highest BCUT2D eigenvalue weighted by Crippen LogP contribution is 2.28. The van der Waals surface area contributed by atoms with E-state index in [0.717, 1.165) is 17.7 Å². The lowest BCUT2D eigenvalue weighted by atomic mass is 9.88. The number of hydrogen-bond acceptors (Lipinski definition) is 2. The van der Waals surface area contributed by atoms with Gasteiger partial charge >= 0.3 is 0 Å². The minimum Gasteiger partial charge on any atom is -0.356 e. The van der Waals surface area contributed by atoms with E-state index < -0.39 is 0 Å². The molecule has 3 heteroatoms. The fourth-order valence-electron chi connectivity index (χ4n) is 3.05. The third kappa shape index (κ3) is 5.03. The van der Waals surface area contributed by atoms with Gasteiger partial charge in [-0.1, -0.05) is 66.2 Å². The minimum atomic E-state index is 0.0617. The molecule has 0 saturated carbocycles. The van der Waals surface area contributed by atoms with Gasteiger partial charge in [-0.2, -0.15) is 0 Å². The average Bonchev–Trinajstić information content (AvgIpc) is 2.68. The van der Waals surface area contributed by atoms with Crippen LogP contribution >= 0.6 is 0 Å². The molecule has 26 heavy (non-hydrogen) atoms. The maximum Gasteiger partial charge on any atom is 0.220 e. The van der Waals surface area contributed by atoms with Gasteiger partial charge in [0.05, 0.1) is 0 Å². The van der Waals surface area contributed by atoms with Crippen molar-refractivity contribution in [2.75, 3.05) is 6.54 Å². The van der Waals surface area contributed by atoms with E-state index in [1.54, 1.807) is 6.20 Å². The van der Waals surface area contributed by atoms with Crippen molar-refractivity contribution >= 4 is 5.91 Å². The molecule has 0 aliphatic heterocycles. The minimum absolute atomic E-state index is 0.0617. The number of hydrogen-bond donors (Lipinski definition) is 1. The van der Waals surface area contributed by atoms with Crippen molar-refractivity contribution in [1.29, 1.82) is 0 Å². The van der Waals surface area contributed by atoms with Crippen LogP contribution in [0.2, 0.25) is 0 Å². The summed E-state index contributed by atoms with van der Waals surface area (Å²) >= 11 is 0. The van der Waals surface area contributed by atoms with E-state index in [9.17, 15) is 4.79 Å². The average molecular weight is 344 g/mol. The van der Waals surface area contributed by atoms with Crippen molar-refractivity contribution in [1.82, 2.24) is 10.3 Å². The second-order valence-electron chi connectivity index (χ2n) is 6.50. The molecule has 1 amide bonds. The van der Waals surface area contributed by atoms with Gasteiger partial charge in [-0.05, 0) is 30.2 Å². The highest BCUT2D eigenvalue weighted by atomic mass is 16.1. The molecule has 0 bridgehead atoms. The van der Waals surface area contributed by atoms with Gasteiger partial charge in [0, 0.05) is 37.2 Å². The molecule has 1 aromatic heterocycles. The maximum absolute atomic E-state index is 12.5. The Balaban J connectivity index is 1.65. The topological polar surface area (TPSA) is 42.0 Å². The molecular weight excluding hydrogens is 320 g/mol. The van der Waals surface area contributed by atoms with Crippen molar-refractivity contribution in [3.8, 4) is 0 Å². The predicted octanol–water partition coefficient (Wildman–Crippen LogP) is 4.27. The molecule has 3 rings (SSSR count). The summed E-state index contributed by atoms with van der Waals surface area (Å²) < 4.78 is 0. The number of carbonyl (C=O) groups excluding carboxylic acids is 1. The van der Waals surface area contributed by atoms with Crippen molar-refractivity contribution in [2.24, 2.45) is 0 Å². The Bertz CT molecular complexity index is 814. The molecule has 0 unspecified atom stereocenters. The van der Waals surface area contributed by atoms with E-state index in [-0.39, 0.29) is 11.8 Å². The summed E-state index contributed by atoms with van der Waals surface area (Å²) in [5.41, 5.74) is 4.55. The van der Waals surface area contributed by atoms with Gasteiger partial charge in [-0.15, -0.1) is 0 Å². The summed E-state index contributed by atoms with van der Waals surface area (Å²) in [4.78, 5) is 16.8. The van der Waals surface area contributed by atoms with Gasteiger partial charge < -0.3 is 5.32 Å². The van der Waals surface area contributed by atoms with Crippen molar-refractivity contribution < 1.29 is 4.79 Å². The van der Waals surface area contributed by atoms with E-state index >= 15 is 0 Å². The van der Waals surface area contributed by atoms with Crippen LogP contribution in [-0.2, 0) is 11.2 Å². The maximum atomic E-state index is 12.5. The standard InChI is InChI=1S/C23H24N2O/c1-18-10-12-20(13-11-18)22(19-7-3-2-4-8-19)17-23(26)25-16-14-21-9-5-6-15-24-21/h2-13,15,22H,14,16-17H2,1H3,(H,25,26)/t22-/m0/s1. The number of benzene rings is 2. The van der Waals surface area contributed by atoms with Gasteiger partial charge in [-0.25, -0.2) is 0 Å². The zero-order chi connectivity index (χ0) is 18.2. The van der Waals surface area contributed by atoms with Gasteiger partial charge in [0.2, 0.25) is 5.91 Å². The molecule has 0 radical (unpaired) electrons. The first-order valence-corrected chi connectivity index (χ1v) is 9.00. The summed E-state index contributed by atoms with van der Waals surface area (Å²) in [5, 5.41) is 3.03. The van der Waals surface area contributed by atoms with E-state index in [4.69, 9.17) is 0 Å². The van der Waals surface area contributed by atoms with Gasteiger partial charge in [0.15, 0.2) is 0 Å². The highest BCUT2D eigenvalue weighted by Gasteiger charge is 2.18. The SMILES string of the molecule is Cc1ccc([C@@H](CC(=O)NCCc2ccccn2)c2ccccc2)cc1. The zero-order valence-electron chi connectivity index (χ0n) is 15.1. The van der Waals surface area contributed by atoms with E-state index in [2.05, 4.69) is 53.6 Å². The lowest BCUT2D eigenvalue weighted by Crippen LogP contribution is -2.27. The van der Waals surface area contributed by atoms with Crippen LogP contribution in [0.5, 0.6) is 0 Å². The van der Waals surface area contributed by atoms with Gasteiger partial charge in [0.1, 0.15) is 0 Å². The number of rotatable bonds is 7. The first-order valence-electron chi connectivity index (χ1n) is 9.00. The molecule has 2 aromatic carbocycles. The molecule has 1 heterocycles. The van der Waals surface area contributed by atoms with Crippen LogP contribution in [-0.4, -0.2) is 17.4 Å². The van der Waals surface area contributed by atoms with Crippen molar-refractivity contribution in [3.05, 3.63) is 101 Å². The van der Waals surface area contributed by atoms with Crippen molar-refractivity contribution in [2.45, 2.75) is 25.7 Å².